The van der Waals surface area contributed by atoms with Gasteiger partial charge in [0.15, 0.2) is 0 Å². The first-order valence-corrected chi connectivity index (χ1v) is 6.92. The Bertz CT molecular complexity index is 490. The number of carbonyl (C=O) groups excluding carboxylic acids is 1. The highest BCUT2D eigenvalue weighted by molar-refractivity contribution is 5.71. The number of hydrogen-bond acceptors (Lipinski definition) is 4. The fourth-order valence-electron chi connectivity index (χ4n) is 2.54. The number of ether oxygens (including phenoxy) is 1. The fourth-order valence-corrected chi connectivity index (χ4v) is 2.54. The number of amides is 1. The Morgan fingerprint density at radius 2 is 1.90 bits per heavy atom. The maximum Gasteiger partial charge on any atom is 0.407 e. The third-order valence-corrected chi connectivity index (χ3v) is 3.57. The number of nitrogens with one attached hydrogen (secondary N) is 1. The van der Waals surface area contributed by atoms with Crippen LogP contribution in [0.25, 0.3) is 0 Å². The monoisotopic (exact) mass is 293 g/mol. The van der Waals surface area contributed by atoms with Gasteiger partial charge in [0.05, 0.1) is 12.0 Å². The van der Waals surface area contributed by atoms with Gasteiger partial charge in [-0.05, 0) is 24.8 Å². The fraction of sp³-hybridized carbons (Fsp3) is 0.467. The molecule has 6 nitrogen and oxygen atoms in total. The van der Waals surface area contributed by atoms with Crippen LogP contribution in [0.2, 0.25) is 0 Å². The zero-order valence-corrected chi connectivity index (χ0v) is 11.6. The van der Waals surface area contributed by atoms with Crippen molar-refractivity contribution in [3.05, 3.63) is 35.9 Å². The second-order valence-electron chi connectivity index (χ2n) is 5.30. The number of aliphatic hydroxyl groups is 1. The molecule has 0 heterocycles. The van der Waals surface area contributed by atoms with Crippen LogP contribution < -0.4 is 5.32 Å². The maximum absolute atomic E-state index is 11.7. The lowest BCUT2D eigenvalue weighted by Gasteiger charge is -2.30. The molecule has 1 saturated carbocycles. The van der Waals surface area contributed by atoms with Gasteiger partial charge in [-0.3, -0.25) is 4.79 Å². The van der Waals surface area contributed by atoms with Crippen molar-refractivity contribution in [2.24, 2.45) is 5.92 Å². The van der Waals surface area contributed by atoms with Crippen LogP contribution in [0, 0.1) is 5.92 Å². The summed E-state index contributed by atoms with van der Waals surface area (Å²) in [5.41, 5.74) is 0.875. The van der Waals surface area contributed by atoms with E-state index in [0.29, 0.717) is 12.8 Å². The minimum atomic E-state index is -0.946. The van der Waals surface area contributed by atoms with Gasteiger partial charge in [0.2, 0.25) is 0 Å². The smallest absolute Gasteiger partial charge is 0.407 e. The molecule has 114 valence electrons. The number of carbonyl (C=O) groups is 2. The molecule has 1 amide bonds. The van der Waals surface area contributed by atoms with Gasteiger partial charge >= 0.3 is 12.1 Å². The van der Waals surface area contributed by atoms with E-state index in [0.717, 1.165) is 5.56 Å². The molecule has 0 bridgehead atoms. The summed E-state index contributed by atoms with van der Waals surface area (Å²) in [5, 5.41) is 21.3. The molecule has 0 saturated heterocycles. The molecule has 0 spiro atoms. The van der Waals surface area contributed by atoms with E-state index in [9.17, 15) is 14.7 Å². The van der Waals surface area contributed by atoms with Crippen molar-refractivity contribution >= 4 is 12.1 Å². The summed E-state index contributed by atoms with van der Waals surface area (Å²) in [4.78, 5) is 22.7. The number of carboxylic acids is 1. The zero-order chi connectivity index (χ0) is 15.2. The molecule has 0 aromatic heterocycles. The van der Waals surface area contributed by atoms with E-state index in [4.69, 9.17) is 9.84 Å². The van der Waals surface area contributed by atoms with Crippen LogP contribution in [0.5, 0.6) is 0 Å². The lowest BCUT2D eigenvalue weighted by atomic mass is 9.84. The van der Waals surface area contributed by atoms with E-state index >= 15 is 0 Å². The molecule has 6 heteroatoms. The van der Waals surface area contributed by atoms with Crippen molar-refractivity contribution in [1.82, 2.24) is 5.32 Å². The summed E-state index contributed by atoms with van der Waals surface area (Å²) in [7, 11) is 0. The molecular weight excluding hydrogens is 274 g/mol. The largest absolute Gasteiger partial charge is 0.481 e. The Kier molecular flexibility index (Phi) is 5.16. The molecule has 0 radical (unpaired) electrons. The van der Waals surface area contributed by atoms with Crippen molar-refractivity contribution < 1.29 is 24.5 Å². The minimum absolute atomic E-state index is 0.157. The number of carboxylic acid groups (broad SMARTS) is 1. The molecule has 2 rings (SSSR count). The van der Waals surface area contributed by atoms with Gasteiger partial charge in [0, 0.05) is 6.04 Å². The molecule has 1 aliphatic carbocycles. The molecule has 3 N–H and O–H groups in total. The molecule has 21 heavy (non-hydrogen) atoms. The van der Waals surface area contributed by atoms with Gasteiger partial charge < -0.3 is 20.3 Å². The Balaban J connectivity index is 1.80. The molecule has 1 aliphatic rings. The van der Waals surface area contributed by atoms with E-state index in [1.165, 1.54) is 0 Å². The van der Waals surface area contributed by atoms with Crippen molar-refractivity contribution in [2.45, 2.75) is 38.0 Å². The van der Waals surface area contributed by atoms with Gasteiger partial charge in [0.1, 0.15) is 6.61 Å². The number of alkyl carbamates (subject to hydrolysis) is 1. The first-order chi connectivity index (χ1) is 10.0. The highest BCUT2D eigenvalue weighted by Crippen LogP contribution is 2.25. The Labute approximate surface area is 122 Å². The number of aliphatic carboxylic acids is 1. The second-order valence-corrected chi connectivity index (χ2v) is 5.30. The molecule has 3 atom stereocenters. The quantitative estimate of drug-likeness (QED) is 0.782. The van der Waals surface area contributed by atoms with Crippen molar-refractivity contribution in [1.29, 1.82) is 0 Å². The second kappa shape index (κ2) is 7.08. The molecule has 1 fully saturated rings. The van der Waals surface area contributed by atoms with Gasteiger partial charge in [-0.25, -0.2) is 4.79 Å². The Morgan fingerprint density at radius 3 is 2.57 bits per heavy atom. The number of rotatable bonds is 4. The standard InChI is InChI=1S/C15H19NO5/c17-13-7-11(14(18)19)6-12(8-13)16-15(20)21-9-10-4-2-1-3-5-10/h1-5,11-13,17H,6-9H2,(H,16,20)(H,18,19)/t11-,12+,13-/m0/s1. The average Bonchev–Trinajstić information content (AvgIpc) is 2.45. The molecule has 0 unspecified atom stereocenters. The summed E-state index contributed by atoms with van der Waals surface area (Å²) in [6.07, 6.45) is -0.412. The van der Waals surface area contributed by atoms with Crippen LogP contribution >= 0.6 is 0 Å². The Morgan fingerprint density at radius 1 is 1.19 bits per heavy atom. The topological polar surface area (TPSA) is 95.9 Å². The van der Waals surface area contributed by atoms with Crippen molar-refractivity contribution in [3.63, 3.8) is 0 Å². The highest BCUT2D eigenvalue weighted by atomic mass is 16.5. The third kappa shape index (κ3) is 4.75. The van der Waals surface area contributed by atoms with Crippen LogP contribution in [0.15, 0.2) is 30.3 Å². The van der Waals surface area contributed by atoms with Gasteiger partial charge in [-0.1, -0.05) is 30.3 Å². The predicted molar refractivity (Wildman–Crippen MR) is 74.5 cm³/mol. The van der Waals surface area contributed by atoms with E-state index in [1.807, 2.05) is 30.3 Å². The van der Waals surface area contributed by atoms with Crippen LogP contribution in [0.3, 0.4) is 0 Å². The zero-order valence-electron chi connectivity index (χ0n) is 11.6. The maximum atomic E-state index is 11.7. The van der Waals surface area contributed by atoms with Crippen LogP contribution in [-0.2, 0) is 16.1 Å². The summed E-state index contributed by atoms with van der Waals surface area (Å²) < 4.78 is 5.08. The lowest BCUT2D eigenvalue weighted by Crippen LogP contribution is -2.44. The van der Waals surface area contributed by atoms with Crippen LogP contribution in [0.1, 0.15) is 24.8 Å². The van der Waals surface area contributed by atoms with E-state index < -0.39 is 24.1 Å². The van der Waals surface area contributed by atoms with Crippen molar-refractivity contribution in [3.8, 4) is 0 Å². The van der Waals surface area contributed by atoms with E-state index in [2.05, 4.69) is 5.32 Å². The highest BCUT2D eigenvalue weighted by Gasteiger charge is 2.32. The summed E-state index contributed by atoms with van der Waals surface area (Å²) >= 11 is 0. The lowest BCUT2D eigenvalue weighted by molar-refractivity contribution is -0.144. The first kappa shape index (κ1) is 15.3. The summed E-state index contributed by atoms with van der Waals surface area (Å²) in [5.74, 6) is -1.58. The van der Waals surface area contributed by atoms with E-state index in [-0.39, 0.29) is 19.1 Å². The average molecular weight is 293 g/mol. The van der Waals surface area contributed by atoms with E-state index in [1.54, 1.807) is 0 Å². The molecule has 0 aliphatic heterocycles. The number of hydrogen-bond donors (Lipinski definition) is 3. The summed E-state index contributed by atoms with van der Waals surface area (Å²) in [6, 6.07) is 8.89. The minimum Gasteiger partial charge on any atom is -0.481 e. The third-order valence-electron chi connectivity index (χ3n) is 3.57. The number of benzene rings is 1. The number of aliphatic hydroxyl groups excluding tert-OH is 1. The summed E-state index contributed by atoms with van der Waals surface area (Å²) in [6.45, 7) is 0.157. The predicted octanol–water partition coefficient (Wildman–Crippen LogP) is 1.53. The molecular formula is C15H19NO5. The van der Waals surface area contributed by atoms with Crippen LogP contribution in [0.4, 0.5) is 4.79 Å². The van der Waals surface area contributed by atoms with Gasteiger partial charge in [0.25, 0.3) is 0 Å². The first-order valence-electron chi connectivity index (χ1n) is 6.92. The van der Waals surface area contributed by atoms with Crippen molar-refractivity contribution in [2.75, 3.05) is 0 Å². The SMILES string of the molecule is O=C(N[C@H]1C[C@@H](O)C[C@@H](C(=O)O)C1)OCc1ccccc1. The molecule has 1 aromatic carbocycles. The normalized spacial score (nSPS) is 25.1. The van der Waals surface area contributed by atoms with Crippen LogP contribution in [-0.4, -0.2) is 34.4 Å². The van der Waals surface area contributed by atoms with Gasteiger partial charge in [-0.2, -0.15) is 0 Å². The van der Waals surface area contributed by atoms with Gasteiger partial charge in [-0.15, -0.1) is 0 Å². The Hall–Kier alpha value is -2.08. The molecule has 1 aromatic rings.